The molecule has 138 valence electrons. The summed E-state index contributed by atoms with van der Waals surface area (Å²) in [6.45, 7) is 0. The second kappa shape index (κ2) is 9.03. The zero-order valence-corrected chi connectivity index (χ0v) is 16.2. The van der Waals surface area contributed by atoms with Gasteiger partial charge < -0.3 is 10.6 Å². The fourth-order valence-corrected chi connectivity index (χ4v) is 3.37. The van der Waals surface area contributed by atoms with Crippen molar-refractivity contribution in [1.29, 1.82) is 0 Å². The summed E-state index contributed by atoms with van der Waals surface area (Å²) in [4.78, 5) is 24.1. The van der Waals surface area contributed by atoms with Crippen molar-refractivity contribution in [1.82, 2.24) is 5.32 Å². The molecule has 2 aromatic rings. The number of thioether (sulfide) groups is 1. The smallest absolute Gasteiger partial charge is 0.240 e. The number of amides is 2. The van der Waals surface area contributed by atoms with Crippen molar-refractivity contribution in [3.63, 3.8) is 0 Å². The van der Waals surface area contributed by atoms with Gasteiger partial charge in [0.1, 0.15) is 5.25 Å². The first-order chi connectivity index (χ1) is 13.0. The number of anilines is 1. The second-order valence-electron chi connectivity index (χ2n) is 5.56. The molecule has 1 aliphatic heterocycles. The van der Waals surface area contributed by atoms with Crippen LogP contribution in [0.15, 0.2) is 58.7 Å². The third-order valence-corrected chi connectivity index (χ3v) is 5.08. The standard InChI is InChI=1S/C18H14Cl2N4O2S/c19-12-3-1-11(2-4-12)10-21-24-18-23-17(26)15(27-18)9-16(25)22-14-7-5-13(20)6-8-14/h1-8,10,15H,9H2,(H,22,25)(H,23,24,26)/b21-10+. The van der Waals surface area contributed by atoms with Crippen LogP contribution >= 0.6 is 35.0 Å². The highest BCUT2D eigenvalue weighted by atomic mass is 35.5. The van der Waals surface area contributed by atoms with E-state index in [4.69, 9.17) is 23.2 Å². The molecule has 0 saturated carbocycles. The van der Waals surface area contributed by atoms with Crippen molar-refractivity contribution in [2.24, 2.45) is 10.2 Å². The molecule has 1 saturated heterocycles. The number of nitrogens with zero attached hydrogens (tertiary/aromatic N) is 2. The number of rotatable bonds is 5. The molecule has 27 heavy (non-hydrogen) atoms. The average Bonchev–Trinajstić information content (AvgIpc) is 2.98. The van der Waals surface area contributed by atoms with Crippen molar-refractivity contribution in [2.75, 3.05) is 5.32 Å². The van der Waals surface area contributed by atoms with Crippen LogP contribution in [-0.4, -0.2) is 28.4 Å². The van der Waals surface area contributed by atoms with Crippen molar-refractivity contribution in [2.45, 2.75) is 11.7 Å². The van der Waals surface area contributed by atoms with Gasteiger partial charge in [-0.05, 0) is 42.0 Å². The fraction of sp³-hybridized carbons (Fsp3) is 0.111. The molecule has 2 amide bonds. The van der Waals surface area contributed by atoms with Crippen LogP contribution in [0.5, 0.6) is 0 Å². The summed E-state index contributed by atoms with van der Waals surface area (Å²) in [5.74, 6) is -0.539. The largest absolute Gasteiger partial charge is 0.326 e. The van der Waals surface area contributed by atoms with Gasteiger partial charge >= 0.3 is 0 Å². The Kier molecular flexibility index (Phi) is 6.49. The highest BCUT2D eigenvalue weighted by Gasteiger charge is 2.32. The van der Waals surface area contributed by atoms with Crippen LogP contribution < -0.4 is 10.6 Å². The van der Waals surface area contributed by atoms with Gasteiger partial charge in [-0.2, -0.15) is 5.10 Å². The zero-order chi connectivity index (χ0) is 19.2. The molecule has 0 aliphatic carbocycles. The van der Waals surface area contributed by atoms with Gasteiger partial charge in [0, 0.05) is 22.2 Å². The summed E-state index contributed by atoms with van der Waals surface area (Å²) < 4.78 is 0. The number of halogens is 2. The fourth-order valence-electron chi connectivity index (χ4n) is 2.20. The first-order valence-electron chi connectivity index (χ1n) is 7.89. The van der Waals surface area contributed by atoms with E-state index in [1.807, 2.05) is 0 Å². The molecule has 6 nitrogen and oxygen atoms in total. The molecular formula is C18H14Cl2N4O2S. The van der Waals surface area contributed by atoms with Crippen LogP contribution in [0.25, 0.3) is 0 Å². The van der Waals surface area contributed by atoms with Gasteiger partial charge in [0.25, 0.3) is 0 Å². The number of hydrogen-bond acceptors (Lipinski definition) is 5. The first-order valence-corrected chi connectivity index (χ1v) is 9.53. The topological polar surface area (TPSA) is 82.9 Å². The minimum atomic E-state index is -0.554. The van der Waals surface area contributed by atoms with Crippen LogP contribution in [0.1, 0.15) is 12.0 Å². The van der Waals surface area contributed by atoms with E-state index < -0.39 is 5.25 Å². The van der Waals surface area contributed by atoms with Gasteiger partial charge in [-0.25, -0.2) is 0 Å². The lowest BCUT2D eigenvalue weighted by Crippen LogP contribution is -2.28. The Morgan fingerprint density at radius 2 is 1.74 bits per heavy atom. The van der Waals surface area contributed by atoms with Crippen molar-refractivity contribution >= 4 is 63.8 Å². The lowest BCUT2D eigenvalue weighted by Gasteiger charge is -2.07. The van der Waals surface area contributed by atoms with E-state index >= 15 is 0 Å². The predicted octanol–water partition coefficient (Wildman–Crippen LogP) is 3.94. The second-order valence-corrected chi connectivity index (χ2v) is 7.62. The normalized spacial score (nSPS) is 18.1. The van der Waals surface area contributed by atoms with Gasteiger partial charge in [-0.3, -0.25) is 9.59 Å². The summed E-state index contributed by atoms with van der Waals surface area (Å²) in [5, 5.41) is 14.3. The maximum Gasteiger partial charge on any atom is 0.240 e. The molecular weight excluding hydrogens is 407 g/mol. The molecule has 1 unspecified atom stereocenters. The van der Waals surface area contributed by atoms with Crippen LogP contribution in [-0.2, 0) is 9.59 Å². The summed E-state index contributed by atoms with van der Waals surface area (Å²) in [6, 6.07) is 13.8. The van der Waals surface area contributed by atoms with Gasteiger partial charge in [-0.1, -0.05) is 47.1 Å². The molecule has 1 atom stereocenters. The summed E-state index contributed by atoms with van der Waals surface area (Å²) >= 11 is 12.8. The first kappa shape index (κ1) is 19.4. The van der Waals surface area contributed by atoms with E-state index in [-0.39, 0.29) is 18.2 Å². The zero-order valence-electron chi connectivity index (χ0n) is 13.9. The minimum absolute atomic E-state index is 0.0268. The Labute approximate surface area is 170 Å². The SMILES string of the molecule is O=C(CC1S/C(=N/N=C/c2ccc(Cl)cc2)NC1=O)Nc1ccc(Cl)cc1. The van der Waals surface area contributed by atoms with Crippen LogP contribution in [0.2, 0.25) is 10.0 Å². The quantitative estimate of drug-likeness (QED) is 0.567. The number of carbonyl (C=O) groups excluding carboxylic acids is 2. The van der Waals surface area contributed by atoms with Crippen molar-refractivity contribution in [3.8, 4) is 0 Å². The summed E-state index contributed by atoms with van der Waals surface area (Å²) in [6.07, 6.45) is 1.58. The number of hydrogen-bond donors (Lipinski definition) is 2. The van der Waals surface area contributed by atoms with E-state index in [1.165, 1.54) is 11.8 Å². The highest BCUT2D eigenvalue weighted by molar-refractivity contribution is 8.15. The van der Waals surface area contributed by atoms with Crippen molar-refractivity contribution < 1.29 is 9.59 Å². The molecule has 9 heteroatoms. The minimum Gasteiger partial charge on any atom is -0.326 e. The average molecular weight is 421 g/mol. The van der Waals surface area contributed by atoms with Gasteiger partial charge in [0.15, 0.2) is 5.17 Å². The van der Waals surface area contributed by atoms with E-state index in [1.54, 1.807) is 54.7 Å². The number of nitrogens with one attached hydrogen (secondary N) is 2. The molecule has 2 aromatic carbocycles. The molecule has 1 aliphatic rings. The molecule has 0 radical (unpaired) electrons. The Morgan fingerprint density at radius 3 is 2.41 bits per heavy atom. The van der Waals surface area contributed by atoms with Gasteiger partial charge in [0.2, 0.25) is 11.8 Å². The molecule has 2 N–H and O–H groups in total. The molecule has 0 aromatic heterocycles. The Morgan fingerprint density at radius 1 is 1.11 bits per heavy atom. The van der Waals surface area contributed by atoms with Gasteiger partial charge in [0.05, 0.1) is 6.21 Å². The Bertz CT molecular complexity index is 899. The number of benzene rings is 2. The van der Waals surface area contributed by atoms with E-state index in [9.17, 15) is 9.59 Å². The molecule has 3 rings (SSSR count). The third-order valence-electron chi connectivity index (χ3n) is 3.50. The van der Waals surface area contributed by atoms with E-state index in [2.05, 4.69) is 20.8 Å². The molecule has 1 heterocycles. The van der Waals surface area contributed by atoms with Crippen molar-refractivity contribution in [3.05, 3.63) is 64.1 Å². The summed E-state index contributed by atoms with van der Waals surface area (Å²) in [7, 11) is 0. The van der Waals surface area contributed by atoms with Crippen LogP contribution in [0.3, 0.4) is 0 Å². The Balaban J connectivity index is 1.54. The lowest BCUT2D eigenvalue weighted by atomic mass is 10.2. The maximum absolute atomic E-state index is 12.1. The maximum atomic E-state index is 12.1. The highest BCUT2D eigenvalue weighted by Crippen LogP contribution is 2.23. The van der Waals surface area contributed by atoms with Crippen LogP contribution in [0, 0.1) is 0 Å². The number of carbonyl (C=O) groups is 2. The monoisotopic (exact) mass is 420 g/mol. The molecule has 1 fully saturated rings. The summed E-state index contributed by atoms with van der Waals surface area (Å²) in [5.41, 5.74) is 1.45. The van der Waals surface area contributed by atoms with Crippen LogP contribution in [0.4, 0.5) is 5.69 Å². The molecule has 0 bridgehead atoms. The Hall–Kier alpha value is -2.35. The predicted molar refractivity (Wildman–Crippen MR) is 111 cm³/mol. The van der Waals surface area contributed by atoms with Gasteiger partial charge in [-0.15, -0.1) is 5.10 Å². The number of amidine groups is 1. The van der Waals surface area contributed by atoms with E-state index in [0.29, 0.717) is 20.9 Å². The third kappa shape index (κ3) is 5.82. The molecule has 0 spiro atoms. The lowest BCUT2D eigenvalue weighted by molar-refractivity contribution is -0.122. The van der Waals surface area contributed by atoms with E-state index in [0.717, 1.165) is 5.56 Å².